The van der Waals surface area contributed by atoms with E-state index in [0.29, 0.717) is 45.2 Å². The van der Waals surface area contributed by atoms with Crippen LogP contribution in [0, 0.1) is 0 Å². The Hall–Kier alpha value is -3.37. The number of imide groups is 1. The normalized spacial score (nSPS) is 14.0. The van der Waals surface area contributed by atoms with Gasteiger partial charge in [-0.3, -0.25) is 19.3 Å². The molecule has 0 saturated carbocycles. The van der Waals surface area contributed by atoms with E-state index in [2.05, 4.69) is 5.32 Å². The zero-order valence-corrected chi connectivity index (χ0v) is 24.4. The molecule has 208 valence electrons. The lowest BCUT2D eigenvalue weighted by atomic mass is 10.1. The second-order valence-corrected chi connectivity index (χ2v) is 10.6. The summed E-state index contributed by atoms with van der Waals surface area (Å²) in [6.45, 7) is 1.88. The minimum atomic E-state index is -0.589. The van der Waals surface area contributed by atoms with Gasteiger partial charge in [-0.15, -0.1) is 0 Å². The third kappa shape index (κ3) is 7.22. The van der Waals surface area contributed by atoms with Crippen molar-refractivity contribution in [2.24, 2.45) is 0 Å². The van der Waals surface area contributed by atoms with E-state index in [4.69, 9.17) is 49.0 Å². The number of ether oxygens (including phenoxy) is 3. The summed E-state index contributed by atoms with van der Waals surface area (Å²) in [6, 6.07) is 15.1. The molecule has 3 aromatic rings. The molecule has 3 aromatic carbocycles. The molecule has 0 atom stereocenters. The maximum Gasteiger partial charge on any atom is 0.294 e. The number of carbonyl (C=O) groups is 3. The lowest BCUT2D eigenvalue weighted by molar-refractivity contribution is -0.127. The summed E-state index contributed by atoms with van der Waals surface area (Å²) in [4.78, 5) is 39.1. The van der Waals surface area contributed by atoms with Crippen LogP contribution in [0.25, 0.3) is 6.08 Å². The van der Waals surface area contributed by atoms with Gasteiger partial charge in [0.25, 0.3) is 11.1 Å². The van der Waals surface area contributed by atoms with Crippen LogP contribution in [0.1, 0.15) is 18.1 Å². The molecule has 1 N–H and O–H groups in total. The average Bonchev–Trinajstić information content (AvgIpc) is 3.18. The van der Waals surface area contributed by atoms with Crippen LogP contribution >= 0.6 is 46.6 Å². The van der Waals surface area contributed by atoms with Crippen LogP contribution in [0.4, 0.5) is 10.5 Å². The molecule has 1 heterocycles. The van der Waals surface area contributed by atoms with E-state index in [0.717, 1.165) is 22.2 Å². The number of nitrogens with one attached hydrogen (secondary N) is 1. The lowest BCUT2D eigenvalue weighted by Gasteiger charge is -2.15. The first-order valence-electron chi connectivity index (χ1n) is 11.9. The Balaban J connectivity index is 1.47. The molecule has 0 unspecified atom stereocenters. The monoisotopic (exact) mass is 620 g/mol. The Bertz CT molecular complexity index is 1480. The lowest BCUT2D eigenvalue weighted by Crippen LogP contribution is -2.36. The molecule has 0 bridgehead atoms. The summed E-state index contributed by atoms with van der Waals surface area (Å²) in [5.41, 5.74) is 1.80. The standard InChI is InChI=1S/C28H23Cl3N2O6S/c1-3-38-23-12-17(11-22(31)26(23)39-15-16-4-9-20(29)21(30)10-16)13-24-27(35)33(28(36)40-24)14-25(34)32-18-5-7-19(37-2)8-6-18/h4-13H,3,14-15H2,1-2H3,(H,32,34)/b24-13+. The maximum absolute atomic E-state index is 13.0. The van der Waals surface area contributed by atoms with E-state index in [9.17, 15) is 14.4 Å². The predicted molar refractivity (Wildman–Crippen MR) is 158 cm³/mol. The molecule has 1 aliphatic rings. The number of methoxy groups -OCH3 is 1. The molecule has 0 aliphatic carbocycles. The Kier molecular flexibility index (Phi) is 9.86. The first-order valence-corrected chi connectivity index (χ1v) is 13.9. The second kappa shape index (κ2) is 13.3. The number of nitrogens with zero attached hydrogens (tertiary/aromatic N) is 1. The number of thioether (sulfide) groups is 1. The molecule has 1 fully saturated rings. The minimum absolute atomic E-state index is 0.144. The van der Waals surface area contributed by atoms with E-state index in [-0.39, 0.29) is 16.5 Å². The van der Waals surface area contributed by atoms with Gasteiger partial charge in [0.05, 0.1) is 33.7 Å². The number of rotatable bonds is 10. The highest BCUT2D eigenvalue weighted by Gasteiger charge is 2.36. The van der Waals surface area contributed by atoms with Gasteiger partial charge in [0.15, 0.2) is 11.5 Å². The summed E-state index contributed by atoms with van der Waals surface area (Å²) in [5.74, 6) is 0.204. The third-order valence-electron chi connectivity index (χ3n) is 5.55. The summed E-state index contributed by atoms with van der Waals surface area (Å²) < 4.78 is 16.7. The number of benzene rings is 3. The van der Waals surface area contributed by atoms with Gasteiger partial charge in [0, 0.05) is 5.69 Å². The first-order chi connectivity index (χ1) is 19.2. The molecule has 4 rings (SSSR count). The van der Waals surface area contributed by atoms with Crippen molar-refractivity contribution in [2.45, 2.75) is 13.5 Å². The van der Waals surface area contributed by atoms with Gasteiger partial charge in [-0.25, -0.2) is 0 Å². The summed E-state index contributed by atoms with van der Waals surface area (Å²) >= 11 is 19.3. The predicted octanol–water partition coefficient (Wildman–Crippen LogP) is 7.31. The quantitative estimate of drug-likeness (QED) is 0.237. The fraction of sp³-hybridized carbons (Fsp3) is 0.179. The number of amides is 3. The van der Waals surface area contributed by atoms with Crippen molar-refractivity contribution >= 4 is 75.4 Å². The molecule has 12 heteroatoms. The van der Waals surface area contributed by atoms with Gasteiger partial charge >= 0.3 is 0 Å². The Morgan fingerprint density at radius 1 is 0.975 bits per heavy atom. The van der Waals surface area contributed by atoms with Crippen molar-refractivity contribution in [1.29, 1.82) is 0 Å². The van der Waals surface area contributed by atoms with E-state index >= 15 is 0 Å². The number of halogens is 3. The highest BCUT2D eigenvalue weighted by atomic mass is 35.5. The highest BCUT2D eigenvalue weighted by molar-refractivity contribution is 8.18. The molecule has 40 heavy (non-hydrogen) atoms. The van der Waals surface area contributed by atoms with Crippen LogP contribution in [0.3, 0.4) is 0 Å². The molecule has 0 radical (unpaired) electrons. The summed E-state index contributed by atoms with van der Waals surface area (Å²) in [5, 5.41) is 3.19. The zero-order valence-electron chi connectivity index (χ0n) is 21.3. The summed E-state index contributed by atoms with van der Waals surface area (Å²) in [6.07, 6.45) is 1.52. The maximum atomic E-state index is 13.0. The van der Waals surface area contributed by atoms with Crippen molar-refractivity contribution in [1.82, 2.24) is 4.90 Å². The van der Waals surface area contributed by atoms with E-state index in [1.165, 1.54) is 13.2 Å². The number of hydrogen-bond acceptors (Lipinski definition) is 7. The Morgan fingerprint density at radius 3 is 2.40 bits per heavy atom. The van der Waals surface area contributed by atoms with Gasteiger partial charge in [-0.2, -0.15) is 0 Å². The van der Waals surface area contributed by atoms with Crippen LogP contribution in [-0.2, 0) is 16.2 Å². The zero-order chi connectivity index (χ0) is 28.8. The number of carbonyl (C=O) groups excluding carboxylic acids is 3. The van der Waals surface area contributed by atoms with Gasteiger partial charge in [0.1, 0.15) is 18.9 Å². The topological polar surface area (TPSA) is 94.2 Å². The fourth-order valence-corrected chi connectivity index (χ4v) is 5.10. The Labute approximate surface area is 250 Å². The largest absolute Gasteiger partial charge is 0.497 e. The minimum Gasteiger partial charge on any atom is -0.497 e. The van der Waals surface area contributed by atoms with Crippen molar-refractivity contribution in [3.8, 4) is 17.2 Å². The Morgan fingerprint density at radius 2 is 1.73 bits per heavy atom. The van der Waals surface area contributed by atoms with Crippen molar-refractivity contribution in [2.75, 3.05) is 25.6 Å². The molecular formula is C28H23Cl3N2O6S. The van der Waals surface area contributed by atoms with E-state index < -0.39 is 23.6 Å². The van der Waals surface area contributed by atoms with E-state index in [1.54, 1.807) is 54.6 Å². The molecule has 3 amide bonds. The van der Waals surface area contributed by atoms with Crippen LogP contribution in [0.5, 0.6) is 17.2 Å². The fourth-order valence-electron chi connectivity index (χ4n) is 3.67. The number of hydrogen-bond donors (Lipinski definition) is 1. The average molecular weight is 622 g/mol. The van der Waals surface area contributed by atoms with E-state index in [1.807, 2.05) is 6.92 Å². The van der Waals surface area contributed by atoms with Gasteiger partial charge in [-0.1, -0.05) is 40.9 Å². The molecule has 8 nitrogen and oxygen atoms in total. The first kappa shape index (κ1) is 29.6. The summed E-state index contributed by atoms with van der Waals surface area (Å²) in [7, 11) is 1.54. The van der Waals surface area contributed by atoms with Crippen LogP contribution < -0.4 is 19.5 Å². The SMILES string of the molecule is CCOc1cc(/C=C2/SC(=O)N(CC(=O)Nc3ccc(OC)cc3)C2=O)cc(Cl)c1OCc1ccc(Cl)c(Cl)c1. The molecule has 1 aliphatic heterocycles. The second-order valence-electron chi connectivity index (χ2n) is 8.34. The molecular weight excluding hydrogens is 599 g/mol. The highest BCUT2D eigenvalue weighted by Crippen LogP contribution is 2.40. The molecule has 0 spiro atoms. The third-order valence-corrected chi connectivity index (χ3v) is 7.47. The number of anilines is 1. The van der Waals surface area contributed by atoms with Gasteiger partial charge < -0.3 is 19.5 Å². The smallest absolute Gasteiger partial charge is 0.294 e. The van der Waals surface area contributed by atoms with Crippen molar-refractivity contribution < 1.29 is 28.6 Å². The van der Waals surface area contributed by atoms with Gasteiger partial charge in [-0.05, 0) is 84.4 Å². The van der Waals surface area contributed by atoms with Crippen LogP contribution in [-0.4, -0.2) is 42.2 Å². The van der Waals surface area contributed by atoms with Crippen LogP contribution in [0.15, 0.2) is 59.5 Å². The molecule has 1 saturated heterocycles. The van der Waals surface area contributed by atoms with Crippen molar-refractivity contribution in [3.63, 3.8) is 0 Å². The molecule has 0 aromatic heterocycles. The van der Waals surface area contributed by atoms with Crippen molar-refractivity contribution in [3.05, 3.63) is 85.7 Å². The van der Waals surface area contributed by atoms with Gasteiger partial charge in [0.2, 0.25) is 5.91 Å². The van der Waals surface area contributed by atoms with Crippen LogP contribution in [0.2, 0.25) is 15.1 Å².